The Balaban J connectivity index is 1.40. The average Bonchev–Trinajstić information content (AvgIpc) is 3.05. The molecule has 0 unspecified atom stereocenters. The lowest BCUT2D eigenvalue weighted by Crippen LogP contribution is -2.26. The van der Waals surface area contributed by atoms with Crippen molar-refractivity contribution in [2.45, 2.75) is 51.4 Å². The van der Waals surface area contributed by atoms with Gasteiger partial charge in [-0.1, -0.05) is 24.3 Å². The predicted octanol–water partition coefficient (Wildman–Crippen LogP) is 5.09. The van der Waals surface area contributed by atoms with Crippen molar-refractivity contribution in [1.29, 1.82) is 0 Å². The lowest BCUT2D eigenvalue weighted by Gasteiger charge is -2.17. The van der Waals surface area contributed by atoms with Crippen LogP contribution >= 0.6 is 0 Å². The summed E-state index contributed by atoms with van der Waals surface area (Å²) in [4.78, 5) is 24.8. The normalized spacial score (nSPS) is 10.6. The molecule has 0 heterocycles. The van der Waals surface area contributed by atoms with Gasteiger partial charge >= 0.3 is 0 Å². The molecule has 44 heavy (non-hydrogen) atoms. The van der Waals surface area contributed by atoms with Crippen molar-refractivity contribution < 1.29 is 33.3 Å². The summed E-state index contributed by atoms with van der Waals surface area (Å²) in [6, 6.07) is 17.7. The van der Waals surface area contributed by atoms with Gasteiger partial charge in [0.05, 0.1) is 35.5 Å². The summed E-state index contributed by atoms with van der Waals surface area (Å²) in [6.07, 6.45) is 5.00. The van der Waals surface area contributed by atoms with Crippen LogP contribution in [0.25, 0.3) is 0 Å². The molecule has 2 N–H and O–H groups in total. The van der Waals surface area contributed by atoms with Crippen LogP contribution in [-0.4, -0.2) is 60.5 Å². The molecule has 3 aromatic rings. The molecule has 0 spiro atoms. The van der Waals surface area contributed by atoms with E-state index in [2.05, 4.69) is 16.7 Å². The largest absolute Gasteiger partial charge is 0.497 e. The highest BCUT2D eigenvalue weighted by molar-refractivity contribution is 5.77. The summed E-state index contributed by atoms with van der Waals surface area (Å²) >= 11 is 0. The number of unbranched alkanes of at least 4 members (excludes halogenated alkanes) is 1. The standard InChI is InChI=1S/C35H46N2O7/c1-40-28-10-8-9-25(23-28)13-16-29-27(15-18-31(42-3)35(29)44-5)20-22-37-34(39)12-7-6-11-33(38)36-21-19-26-14-17-30(41-2)32(24-26)43-4/h8-10,14-15,17-18,23-24H,6-7,11-13,16,19-22H2,1-5H3,(H,36,38)(H,37,39). The van der Waals surface area contributed by atoms with Crippen LogP contribution in [0.15, 0.2) is 54.6 Å². The van der Waals surface area contributed by atoms with Crippen molar-refractivity contribution in [2.24, 2.45) is 0 Å². The summed E-state index contributed by atoms with van der Waals surface area (Å²) in [5.74, 6) is 3.55. The molecule has 0 fully saturated rings. The Bertz CT molecular complexity index is 1360. The second-order valence-corrected chi connectivity index (χ2v) is 10.4. The van der Waals surface area contributed by atoms with Crippen molar-refractivity contribution in [3.8, 4) is 28.7 Å². The van der Waals surface area contributed by atoms with Crippen molar-refractivity contribution in [3.63, 3.8) is 0 Å². The van der Waals surface area contributed by atoms with Gasteiger partial charge in [0, 0.05) is 31.5 Å². The molecule has 238 valence electrons. The van der Waals surface area contributed by atoms with Crippen LogP contribution in [0.3, 0.4) is 0 Å². The van der Waals surface area contributed by atoms with Gasteiger partial charge in [0.15, 0.2) is 23.0 Å². The smallest absolute Gasteiger partial charge is 0.220 e. The van der Waals surface area contributed by atoms with E-state index in [1.807, 2.05) is 48.5 Å². The molecule has 0 aliphatic carbocycles. The molecule has 3 aromatic carbocycles. The van der Waals surface area contributed by atoms with Crippen molar-refractivity contribution in [3.05, 3.63) is 76.9 Å². The number of hydrogen-bond donors (Lipinski definition) is 2. The minimum absolute atomic E-state index is 0.0131. The number of hydrogen-bond acceptors (Lipinski definition) is 7. The first kappa shape index (κ1) is 34.1. The van der Waals surface area contributed by atoms with Crippen LogP contribution in [0.1, 0.15) is 47.9 Å². The number of benzene rings is 3. The summed E-state index contributed by atoms with van der Waals surface area (Å²) in [5, 5.41) is 5.97. The molecule has 0 saturated carbocycles. The zero-order valence-corrected chi connectivity index (χ0v) is 26.6. The molecule has 2 amide bonds. The average molecular weight is 607 g/mol. The second kappa shape index (κ2) is 18.3. The first-order valence-corrected chi connectivity index (χ1v) is 15.0. The number of amides is 2. The summed E-state index contributed by atoms with van der Waals surface area (Å²) in [6.45, 7) is 1.05. The quantitative estimate of drug-likeness (QED) is 0.183. The Morgan fingerprint density at radius 2 is 1.23 bits per heavy atom. The highest BCUT2D eigenvalue weighted by Gasteiger charge is 2.16. The predicted molar refractivity (Wildman–Crippen MR) is 171 cm³/mol. The Morgan fingerprint density at radius 3 is 1.86 bits per heavy atom. The number of rotatable bonds is 19. The Hall–Kier alpha value is -4.40. The van der Waals surface area contributed by atoms with Crippen molar-refractivity contribution >= 4 is 11.8 Å². The molecule has 0 radical (unpaired) electrons. The van der Waals surface area contributed by atoms with Gasteiger partial charge in [0.1, 0.15) is 5.75 Å². The maximum atomic E-state index is 12.5. The molecule has 0 atom stereocenters. The molecule has 9 nitrogen and oxygen atoms in total. The van der Waals surface area contributed by atoms with E-state index >= 15 is 0 Å². The van der Waals surface area contributed by atoms with Gasteiger partial charge in [-0.3, -0.25) is 9.59 Å². The Kier molecular flexibility index (Phi) is 14.2. The summed E-state index contributed by atoms with van der Waals surface area (Å²) in [7, 11) is 8.15. The van der Waals surface area contributed by atoms with Crippen LogP contribution in [0.4, 0.5) is 0 Å². The topological polar surface area (TPSA) is 104 Å². The molecule has 0 aromatic heterocycles. The number of carbonyl (C=O) groups is 2. The zero-order chi connectivity index (χ0) is 31.7. The third kappa shape index (κ3) is 10.4. The van der Waals surface area contributed by atoms with Crippen LogP contribution in [0, 0.1) is 0 Å². The highest BCUT2D eigenvalue weighted by Crippen LogP contribution is 2.35. The molecule has 0 aliphatic rings. The van der Waals surface area contributed by atoms with E-state index in [4.69, 9.17) is 23.7 Å². The van der Waals surface area contributed by atoms with Crippen molar-refractivity contribution in [1.82, 2.24) is 10.6 Å². The first-order chi connectivity index (χ1) is 21.4. The monoisotopic (exact) mass is 606 g/mol. The van der Waals surface area contributed by atoms with E-state index in [1.165, 1.54) is 5.56 Å². The second-order valence-electron chi connectivity index (χ2n) is 10.4. The van der Waals surface area contributed by atoms with Gasteiger partial charge in [-0.2, -0.15) is 0 Å². The first-order valence-electron chi connectivity index (χ1n) is 15.0. The van der Waals surface area contributed by atoms with Gasteiger partial charge in [-0.05, 0) is 85.5 Å². The summed E-state index contributed by atoms with van der Waals surface area (Å²) < 4.78 is 27.2. The molecule has 9 heteroatoms. The van der Waals surface area contributed by atoms with E-state index in [-0.39, 0.29) is 11.8 Å². The minimum atomic E-state index is -0.0164. The van der Waals surface area contributed by atoms with Gasteiger partial charge in [0.2, 0.25) is 11.8 Å². The number of methoxy groups -OCH3 is 5. The highest BCUT2D eigenvalue weighted by atomic mass is 16.5. The number of aryl methyl sites for hydroxylation is 1. The maximum absolute atomic E-state index is 12.5. The fourth-order valence-electron chi connectivity index (χ4n) is 5.10. The third-order valence-corrected chi connectivity index (χ3v) is 7.50. The molecular formula is C35H46N2O7. The maximum Gasteiger partial charge on any atom is 0.220 e. The van der Waals surface area contributed by atoms with Crippen molar-refractivity contribution in [2.75, 3.05) is 48.6 Å². The van der Waals surface area contributed by atoms with E-state index < -0.39 is 0 Å². The number of carbonyl (C=O) groups excluding carboxylic acids is 2. The Labute approximate surface area is 261 Å². The number of ether oxygens (including phenoxy) is 5. The fraction of sp³-hybridized carbons (Fsp3) is 0.429. The van der Waals surface area contributed by atoms with Gasteiger partial charge < -0.3 is 34.3 Å². The number of nitrogens with one attached hydrogen (secondary N) is 2. The Morgan fingerprint density at radius 1 is 0.591 bits per heavy atom. The van der Waals surface area contributed by atoms with Gasteiger partial charge in [-0.25, -0.2) is 0 Å². The third-order valence-electron chi connectivity index (χ3n) is 7.50. The van der Waals surface area contributed by atoms with Crippen LogP contribution in [0.5, 0.6) is 28.7 Å². The van der Waals surface area contributed by atoms with E-state index in [0.717, 1.165) is 41.0 Å². The molecular weight excluding hydrogens is 560 g/mol. The van der Waals surface area contributed by atoms with Gasteiger partial charge in [-0.15, -0.1) is 0 Å². The molecule has 0 aliphatic heterocycles. The lowest BCUT2D eigenvalue weighted by molar-refractivity contribution is -0.123. The SMILES string of the molecule is COc1cccc(CCc2c(CCNC(=O)CCCCC(=O)NCCc3ccc(OC)c(OC)c3)ccc(OC)c2OC)c1. The van der Waals surface area contributed by atoms with E-state index in [0.29, 0.717) is 68.9 Å². The molecule has 3 rings (SSSR count). The van der Waals surface area contributed by atoms with E-state index in [1.54, 1.807) is 35.5 Å². The lowest BCUT2D eigenvalue weighted by atomic mass is 9.96. The van der Waals surface area contributed by atoms with Crippen LogP contribution < -0.4 is 34.3 Å². The molecule has 0 bridgehead atoms. The minimum Gasteiger partial charge on any atom is -0.497 e. The fourth-order valence-corrected chi connectivity index (χ4v) is 5.10. The summed E-state index contributed by atoms with van der Waals surface area (Å²) in [5.41, 5.74) is 4.40. The molecule has 0 saturated heterocycles. The van der Waals surface area contributed by atoms with Gasteiger partial charge in [0.25, 0.3) is 0 Å². The zero-order valence-electron chi connectivity index (χ0n) is 26.6. The van der Waals surface area contributed by atoms with Crippen LogP contribution in [0.2, 0.25) is 0 Å². The van der Waals surface area contributed by atoms with E-state index in [9.17, 15) is 9.59 Å². The van der Waals surface area contributed by atoms with Crippen LogP contribution in [-0.2, 0) is 35.3 Å².